The van der Waals surface area contributed by atoms with Crippen molar-refractivity contribution in [3.8, 4) is 0 Å². The molecular weight excluding hydrogens is 463 g/mol. The highest BCUT2D eigenvalue weighted by Gasteiger charge is 2.51. The van der Waals surface area contributed by atoms with Gasteiger partial charge in [-0.1, -0.05) is 0 Å². The third kappa shape index (κ3) is 5.22. The maximum absolute atomic E-state index is 13.2. The van der Waals surface area contributed by atoms with Crippen molar-refractivity contribution in [2.75, 3.05) is 44.8 Å². The number of hydrogen-bond donors (Lipinski definition) is 2. The van der Waals surface area contributed by atoms with Crippen molar-refractivity contribution in [1.29, 1.82) is 0 Å². The molecule has 2 aromatic rings. The van der Waals surface area contributed by atoms with E-state index in [1.165, 1.54) is 12.4 Å². The lowest BCUT2D eigenvalue weighted by molar-refractivity contribution is -0.137. The summed E-state index contributed by atoms with van der Waals surface area (Å²) in [5.41, 5.74) is -0.818. The number of hydrogen-bond acceptors (Lipinski definition) is 7. The van der Waals surface area contributed by atoms with Crippen molar-refractivity contribution >= 4 is 22.6 Å². The number of fused-ring (bicyclic) bond motifs is 1. The average molecular weight is 494 g/mol. The van der Waals surface area contributed by atoms with Gasteiger partial charge in [-0.05, 0) is 50.3 Å². The van der Waals surface area contributed by atoms with Crippen LogP contribution in [-0.4, -0.2) is 77.9 Å². The van der Waals surface area contributed by atoms with Gasteiger partial charge in [0.2, 0.25) is 5.91 Å². The number of nitrogens with zero attached hydrogens (tertiary/aromatic N) is 3. The van der Waals surface area contributed by atoms with Gasteiger partial charge in [0.25, 0.3) is 0 Å². The summed E-state index contributed by atoms with van der Waals surface area (Å²) < 4.78 is 51.3. The van der Waals surface area contributed by atoms with Crippen LogP contribution < -0.4 is 10.6 Å². The molecule has 3 fully saturated rings. The summed E-state index contributed by atoms with van der Waals surface area (Å²) in [5, 5.41) is 6.24. The predicted molar refractivity (Wildman–Crippen MR) is 123 cm³/mol. The fourth-order valence-electron chi connectivity index (χ4n) is 5.53. The molecule has 3 atom stereocenters. The fourth-order valence-corrected chi connectivity index (χ4v) is 5.53. The number of carbonyl (C=O) groups excluding carboxylic acids is 1. The van der Waals surface area contributed by atoms with E-state index >= 15 is 0 Å². The predicted octanol–water partition coefficient (Wildman–Crippen LogP) is 2.98. The molecule has 0 bridgehead atoms. The minimum atomic E-state index is -4.48. The van der Waals surface area contributed by atoms with Crippen molar-refractivity contribution in [1.82, 2.24) is 20.2 Å². The zero-order valence-electron chi connectivity index (χ0n) is 19.4. The van der Waals surface area contributed by atoms with Crippen LogP contribution in [0.25, 0.3) is 10.9 Å². The average Bonchev–Trinajstić information content (AvgIpc) is 3.34. The summed E-state index contributed by atoms with van der Waals surface area (Å²) in [5.74, 6) is -0.0655. The Kier molecular flexibility index (Phi) is 6.82. The third-order valence-corrected chi connectivity index (χ3v) is 7.31. The van der Waals surface area contributed by atoms with Gasteiger partial charge in [0, 0.05) is 44.3 Å². The van der Waals surface area contributed by atoms with Crippen LogP contribution in [0.1, 0.15) is 37.7 Å². The number of anilines is 1. The zero-order valence-corrected chi connectivity index (χ0v) is 19.4. The highest BCUT2D eigenvalue weighted by atomic mass is 19.4. The number of halogens is 3. The lowest BCUT2D eigenvalue weighted by Crippen LogP contribution is -2.52. The van der Waals surface area contributed by atoms with Crippen molar-refractivity contribution in [3.05, 3.63) is 30.1 Å². The van der Waals surface area contributed by atoms with Crippen LogP contribution in [0, 0.1) is 0 Å². The summed E-state index contributed by atoms with van der Waals surface area (Å²) in [6.07, 6.45) is 1.70. The molecule has 0 radical (unpaired) electrons. The Morgan fingerprint density at radius 1 is 1.17 bits per heavy atom. The van der Waals surface area contributed by atoms with E-state index in [0.717, 1.165) is 64.0 Å². The molecule has 1 spiro atoms. The molecule has 2 N–H and O–H groups in total. The molecule has 1 aromatic carbocycles. The van der Waals surface area contributed by atoms with E-state index < -0.39 is 17.3 Å². The van der Waals surface area contributed by atoms with Crippen LogP contribution >= 0.6 is 0 Å². The van der Waals surface area contributed by atoms with Crippen molar-refractivity contribution in [2.24, 2.45) is 0 Å². The van der Waals surface area contributed by atoms with E-state index in [-0.39, 0.29) is 29.7 Å². The van der Waals surface area contributed by atoms with Gasteiger partial charge in [-0.3, -0.25) is 9.69 Å². The summed E-state index contributed by atoms with van der Waals surface area (Å²) in [6.45, 7) is 3.60. The Morgan fingerprint density at radius 3 is 2.86 bits per heavy atom. The monoisotopic (exact) mass is 493 g/mol. The van der Waals surface area contributed by atoms with Gasteiger partial charge in [-0.15, -0.1) is 0 Å². The second-order valence-electron chi connectivity index (χ2n) is 9.57. The first-order valence-corrected chi connectivity index (χ1v) is 12.1. The van der Waals surface area contributed by atoms with E-state index in [0.29, 0.717) is 24.7 Å². The van der Waals surface area contributed by atoms with Gasteiger partial charge in [0.05, 0.1) is 23.7 Å². The van der Waals surface area contributed by atoms with E-state index in [1.54, 1.807) is 0 Å². The topological polar surface area (TPSA) is 88.6 Å². The standard InChI is InChI=1S/C24H30F3N5O3/c25-24(26,27)16-4-5-19-18(11-16)22(30-15-29-19)28-12-21(33)31-20-13-32(14-23(20)7-2-9-35-23)17-3-1-8-34-10-6-17/h4-5,11,15,17,20H,1-3,6-10,12-14H2,(H,31,33)(H,28,29,30)/t17?,20?,23-/m0/s1. The molecule has 11 heteroatoms. The van der Waals surface area contributed by atoms with Crippen LogP contribution in [0.5, 0.6) is 0 Å². The number of nitrogens with one attached hydrogen (secondary N) is 2. The molecule has 2 unspecified atom stereocenters. The van der Waals surface area contributed by atoms with Crippen LogP contribution in [0.15, 0.2) is 24.5 Å². The number of carbonyl (C=O) groups is 1. The van der Waals surface area contributed by atoms with Crippen molar-refractivity contribution in [3.63, 3.8) is 0 Å². The Morgan fingerprint density at radius 2 is 2.06 bits per heavy atom. The molecule has 5 rings (SSSR count). The lowest BCUT2D eigenvalue weighted by Gasteiger charge is -2.30. The molecule has 8 nitrogen and oxygen atoms in total. The molecule has 1 aromatic heterocycles. The molecule has 4 heterocycles. The second kappa shape index (κ2) is 9.87. The van der Waals surface area contributed by atoms with Gasteiger partial charge in [0.1, 0.15) is 17.7 Å². The molecule has 0 saturated carbocycles. The maximum Gasteiger partial charge on any atom is 0.416 e. The minimum absolute atomic E-state index is 0.119. The number of amides is 1. The van der Waals surface area contributed by atoms with E-state index in [9.17, 15) is 18.0 Å². The normalized spacial score (nSPS) is 27.9. The molecule has 3 aliphatic heterocycles. The largest absolute Gasteiger partial charge is 0.416 e. The first kappa shape index (κ1) is 24.2. The molecule has 0 aliphatic carbocycles. The first-order valence-electron chi connectivity index (χ1n) is 12.1. The van der Waals surface area contributed by atoms with Crippen molar-refractivity contribution in [2.45, 2.75) is 56.0 Å². The van der Waals surface area contributed by atoms with Crippen LogP contribution in [0.2, 0.25) is 0 Å². The quantitative estimate of drug-likeness (QED) is 0.662. The molecule has 1 amide bonds. The number of rotatable bonds is 5. The van der Waals surface area contributed by atoms with E-state index in [2.05, 4.69) is 25.5 Å². The number of benzene rings is 1. The van der Waals surface area contributed by atoms with Gasteiger partial charge >= 0.3 is 6.18 Å². The zero-order chi connectivity index (χ0) is 24.5. The molecule has 3 aliphatic rings. The highest BCUT2D eigenvalue weighted by Crippen LogP contribution is 2.37. The number of alkyl halides is 3. The smallest absolute Gasteiger partial charge is 0.381 e. The maximum atomic E-state index is 13.2. The summed E-state index contributed by atoms with van der Waals surface area (Å²) in [4.78, 5) is 23.5. The van der Waals surface area contributed by atoms with Gasteiger partial charge in [-0.2, -0.15) is 13.2 Å². The molecule has 3 saturated heterocycles. The van der Waals surface area contributed by atoms with Gasteiger partial charge in [0.15, 0.2) is 0 Å². The molecule has 35 heavy (non-hydrogen) atoms. The van der Waals surface area contributed by atoms with E-state index in [1.807, 2.05) is 0 Å². The SMILES string of the molecule is O=C(CNc1ncnc2ccc(C(F)(F)F)cc12)NC1CN(C2CCCOCC2)C[C@@]12CCCO2. The number of ether oxygens (including phenoxy) is 2. The lowest BCUT2D eigenvalue weighted by atomic mass is 9.94. The Labute approximate surface area is 201 Å². The van der Waals surface area contributed by atoms with Crippen LogP contribution in [-0.2, 0) is 20.4 Å². The summed E-state index contributed by atoms with van der Waals surface area (Å²) >= 11 is 0. The van der Waals surface area contributed by atoms with Gasteiger partial charge < -0.3 is 20.1 Å². The highest BCUT2D eigenvalue weighted by molar-refractivity contribution is 5.91. The Hall–Kier alpha value is -2.50. The molecular formula is C24H30F3N5O3. The summed E-state index contributed by atoms with van der Waals surface area (Å²) in [7, 11) is 0. The minimum Gasteiger partial charge on any atom is -0.381 e. The number of likely N-dealkylation sites (tertiary alicyclic amines) is 1. The van der Waals surface area contributed by atoms with Crippen LogP contribution in [0.4, 0.5) is 19.0 Å². The first-order chi connectivity index (χ1) is 16.8. The van der Waals surface area contributed by atoms with Crippen molar-refractivity contribution < 1.29 is 27.4 Å². The summed E-state index contributed by atoms with van der Waals surface area (Å²) in [6, 6.07) is 3.55. The third-order valence-electron chi connectivity index (χ3n) is 7.31. The van der Waals surface area contributed by atoms with Gasteiger partial charge in [-0.25, -0.2) is 9.97 Å². The number of aromatic nitrogens is 2. The molecule has 190 valence electrons. The second-order valence-corrected chi connectivity index (χ2v) is 9.57. The Bertz CT molecular complexity index is 1050. The Balaban J connectivity index is 1.26. The fraction of sp³-hybridized carbons (Fsp3) is 0.625. The van der Waals surface area contributed by atoms with E-state index in [4.69, 9.17) is 9.47 Å². The van der Waals surface area contributed by atoms with Crippen LogP contribution in [0.3, 0.4) is 0 Å².